The predicted molar refractivity (Wildman–Crippen MR) is 116 cm³/mol. The monoisotopic (exact) mass is 441 g/mol. The molecule has 1 aliphatic heterocycles. The van der Waals surface area contributed by atoms with Crippen LogP contribution in [-0.4, -0.2) is 48.3 Å². The maximum absolute atomic E-state index is 13.3. The highest BCUT2D eigenvalue weighted by molar-refractivity contribution is 5.93. The Morgan fingerprint density at radius 3 is 2.41 bits per heavy atom. The topological polar surface area (TPSA) is 78.5 Å². The van der Waals surface area contributed by atoms with Gasteiger partial charge in [-0.1, -0.05) is 42.5 Å². The number of benzene rings is 2. The molecule has 3 amide bonds. The lowest BCUT2D eigenvalue weighted by Gasteiger charge is -2.23. The van der Waals surface area contributed by atoms with Gasteiger partial charge >= 0.3 is 0 Å². The fourth-order valence-electron chi connectivity index (χ4n) is 3.57. The van der Waals surface area contributed by atoms with Gasteiger partial charge in [-0.15, -0.1) is 0 Å². The molecule has 0 radical (unpaired) electrons. The Bertz CT molecular complexity index is 1010. The van der Waals surface area contributed by atoms with Gasteiger partial charge in [0.25, 0.3) is 0 Å². The lowest BCUT2D eigenvalue weighted by molar-refractivity contribution is -0.134. The van der Waals surface area contributed by atoms with E-state index in [-0.39, 0.29) is 23.8 Å². The van der Waals surface area contributed by atoms with E-state index in [9.17, 15) is 23.2 Å². The van der Waals surface area contributed by atoms with Crippen LogP contribution in [0.5, 0.6) is 0 Å². The summed E-state index contributed by atoms with van der Waals surface area (Å²) in [5, 5.41) is 5.13. The van der Waals surface area contributed by atoms with E-state index in [1.807, 2.05) is 36.4 Å². The average Bonchev–Trinajstić information content (AvgIpc) is 2.87. The maximum atomic E-state index is 13.3. The molecule has 0 unspecified atom stereocenters. The number of rotatable bonds is 6. The number of likely N-dealkylation sites (N-methyl/N-ethyl adjacent to an activating group) is 1. The summed E-state index contributed by atoms with van der Waals surface area (Å²) >= 11 is 0. The Labute approximate surface area is 185 Å². The molecule has 8 heteroatoms. The molecule has 2 aromatic carbocycles. The number of carbonyl (C=O) groups excluding carboxylic acids is 3. The van der Waals surface area contributed by atoms with Crippen LogP contribution in [0.1, 0.15) is 24.0 Å². The SMILES string of the molecule is C[C@H](NC(=O)Cc1cc(F)cc(F)c1)C(=O)N[C@H]1C=C[C@H](c2ccccc2)CN(C)C1=O. The van der Waals surface area contributed by atoms with Crippen LogP contribution < -0.4 is 10.6 Å². The molecule has 3 rings (SSSR count). The van der Waals surface area contributed by atoms with E-state index in [4.69, 9.17) is 0 Å². The molecule has 0 saturated heterocycles. The first kappa shape index (κ1) is 23.1. The van der Waals surface area contributed by atoms with Gasteiger partial charge in [-0.25, -0.2) is 8.78 Å². The minimum Gasteiger partial charge on any atom is -0.344 e. The fourth-order valence-corrected chi connectivity index (χ4v) is 3.57. The van der Waals surface area contributed by atoms with E-state index in [0.717, 1.165) is 17.7 Å². The number of halogens is 2. The van der Waals surface area contributed by atoms with Crippen molar-refractivity contribution in [3.63, 3.8) is 0 Å². The second-order valence-corrected chi connectivity index (χ2v) is 7.85. The number of carbonyl (C=O) groups is 3. The van der Waals surface area contributed by atoms with E-state index in [2.05, 4.69) is 10.6 Å². The van der Waals surface area contributed by atoms with Crippen molar-refractivity contribution in [2.24, 2.45) is 0 Å². The molecule has 0 aliphatic carbocycles. The molecular weight excluding hydrogens is 416 g/mol. The van der Waals surface area contributed by atoms with Gasteiger partial charge in [-0.05, 0) is 30.2 Å². The smallest absolute Gasteiger partial charge is 0.248 e. The highest BCUT2D eigenvalue weighted by Crippen LogP contribution is 2.21. The Hall–Kier alpha value is -3.55. The number of amides is 3. The first-order chi connectivity index (χ1) is 15.2. The Morgan fingerprint density at radius 2 is 1.75 bits per heavy atom. The van der Waals surface area contributed by atoms with Gasteiger partial charge in [-0.2, -0.15) is 0 Å². The summed E-state index contributed by atoms with van der Waals surface area (Å²) in [4.78, 5) is 39.0. The third-order valence-corrected chi connectivity index (χ3v) is 5.23. The third-order valence-electron chi connectivity index (χ3n) is 5.23. The van der Waals surface area contributed by atoms with E-state index in [0.29, 0.717) is 12.6 Å². The molecule has 3 atom stereocenters. The summed E-state index contributed by atoms with van der Waals surface area (Å²) in [5.74, 6) is -2.94. The van der Waals surface area contributed by atoms with Crippen LogP contribution >= 0.6 is 0 Å². The first-order valence-corrected chi connectivity index (χ1v) is 10.3. The zero-order chi connectivity index (χ0) is 23.3. The second kappa shape index (κ2) is 10.2. The zero-order valence-electron chi connectivity index (χ0n) is 17.8. The summed E-state index contributed by atoms with van der Waals surface area (Å²) in [7, 11) is 1.67. The summed E-state index contributed by atoms with van der Waals surface area (Å²) in [5.41, 5.74) is 1.22. The molecule has 0 bridgehead atoms. The molecule has 2 aromatic rings. The molecule has 0 fully saturated rings. The molecule has 1 heterocycles. The normalized spacial score (nSPS) is 19.2. The van der Waals surface area contributed by atoms with Crippen LogP contribution in [0.4, 0.5) is 8.78 Å². The van der Waals surface area contributed by atoms with E-state index in [1.165, 1.54) is 6.92 Å². The highest BCUT2D eigenvalue weighted by atomic mass is 19.1. The van der Waals surface area contributed by atoms with Gasteiger partial charge in [0.05, 0.1) is 6.42 Å². The van der Waals surface area contributed by atoms with Crippen LogP contribution in [0.25, 0.3) is 0 Å². The fraction of sp³-hybridized carbons (Fsp3) is 0.292. The van der Waals surface area contributed by atoms with Crippen molar-refractivity contribution in [2.75, 3.05) is 13.6 Å². The summed E-state index contributed by atoms with van der Waals surface area (Å²) in [6.07, 6.45) is 3.27. The number of nitrogens with one attached hydrogen (secondary N) is 2. The van der Waals surface area contributed by atoms with Gasteiger partial charge < -0.3 is 15.5 Å². The van der Waals surface area contributed by atoms with E-state index < -0.39 is 35.5 Å². The summed E-state index contributed by atoms with van der Waals surface area (Å²) < 4.78 is 26.6. The van der Waals surface area contributed by atoms with E-state index in [1.54, 1.807) is 18.0 Å². The van der Waals surface area contributed by atoms with Gasteiger partial charge in [0.2, 0.25) is 17.7 Å². The van der Waals surface area contributed by atoms with Crippen molar-refractivity contribution in [2.45, 2.75) is 31.3 Å². The van der Waals surface area contributed by atoms with Gasteiger partial charge in [0.1, 0.15) is 23.7 Å². The predicted octanol–water partition coefficient (Wildman–Crippen LogP) is 2.31. The number of hydrogen-bond acceptors (Lipinski definition) is 3. The Morgan fingerprint density at radius 1 is 1.09 bits per heavy atom. The van der Waals surface area contributed by atoms with Crippen LogP contribution in [0.3, 0.4) is 0 Å². The second-order valence-electron chi connectivity index (χ2n) is 7.85. The minimum atomic E-state index is -0.944. The molecule has 0 spiro atoms. The quantitative estimate of drug-likeness (QED) is 0.676. The molecule has 2 N–H and O–H groups in total. The minimum absolute atomic E-state index is 0.00385. The van der Waals surface area contributed by atoms with Crippen LogP contribution in [0.2, 0.25) is 0 Å². The van der Waals surface area contributed by atoms with Gasteiger partial charge in [0, 0.05) is 25.6 Å². The largest absolute Gasteiger partial charge is 0.344 e. The van der Waals surface area contributed by atoms with E-state index >= 15 is 0 Å². The molecule has 168 valence electrons. The highest BCUT2D eigenvalue weighted by Gasteiger charge is 2.28. The van der Waals surface area contributed by atoms with Crippen molar-refractivity contribution in [1.82, 2.24) is 15.5 Å². The maximum Gasteiger partial charge on any atom is 0.248 e. The number of nitrogens with zero attached hydrogens (tertiary/aromatic N) is 1. The van der Waals surface area contributed by atoms with Gasteiger partial charge in [0.15, 0.2) is 0 Å². The van der Waals surface area contributed by atoms with Crippen molar-refractivity contribution in [3.8, 4) is 0 Å². The lowest BCUT2D eigenvalue weighted by atomic mass is 9.98. The molecule has 0 aromatic heterocycles. The lowest BCUT2D eigenvalue weighted by Crippen LogP contribution is -2.52. The molecular formula is C24H25F2N3O3. The van der Waals surface area contributed by atoms with Crippen LogP contribution in [0.15, 0.2) is 60.7 Å². The Kier molecular flexibility index (Phi) is 7.35. The van der Waals surface area contributed by atoms with Crippen LogP contribution in [0, 0.1) is 11.6 Å². The summed E-state index contributed by atoms with van der Waals surface area (Å²) in [6, 6.07) is 10.8. The average molecular weight is 441 g/mol. The molecule has 0 saturated carbocycles. The summed E-state index contributed by atoms with van der Waals surface area (Å²) in [6.45, 7) is 1.95. The zero-order valence-corrected chi connectivity index (χ0v) is 17.8. The van der Waals surface area contributed by atoms with Crippen LogP contribution in [-0.2, 0) is 20.8 Å². The molecule has 32 heavy (non-hydrogen) atoms. The first-order valence-electron chi connectivity index (χ1n) is 10.3. The van der Waals surface area contributed by atoms with Crippen molar-refractivity contribution < 1.29 is 23.2 Å². The van der Waals surface area contributed by atoms with Crippen molar-refractivity contribution >= 4 is 17.7 Å². The third kappa shape index (κ3) is 6.00. The Balaban J connectivity index is 1.60. The van der Waals surface area contributed by atoms with Gasteiger partial charge in [-0.3, -0.25) is 14.4 Å². The van der Waals surface area contributed by atoms with Crippen molar-refractivity contribution in [3.05, 3.63) is 83.4 Å². The standard InChI is InChI=1S/C24H25F2N3O3/c1-15(27-22(30)12-16-10-19(25)13-20(26)11-16)23(31)28-21-9-8-18(14-29(2)24(21)32)17-6-4-3-5-7-17/h3-11,13,15,18,21H,12,14H2,1-2H3,(H,27,30)(H,28,31)/t15-,18-,21-/m0/s1. The molecule has 1 aliphatic rings. The number of hydrogen-bond donors (Lipinski definition) is 2. The molecule has 6 nitrogen and oxygen atoms in total. The van der Waals surface area contributed by atoms with Crippen molar-refractivity contribution in [1.29, 1.82) is 0 Å².